The van der Waals surface area contributed by atoms with Crippen molar-refractivity contribution in [2.45, 2.75) is 0 Å². The number of benzene rings is 2. The van der Waals surface area contributed by atoms with Gasteiger partial charge in [0.25, 0.3) is 0 Å². The lowest BCUT2D eigenvalue weighted by molar-refractivity contribution is 0.959. The van der Waals surface area contributed by atoms with Crippen LogP contribution in [-0.4, -0.2) is 58.0 Å². The van der Waals surface area contributed by atoms with E-state index in [1.54, 1.807) is 18.7 Å². The van der Waals surface area contributed by atoms with Gasteiger partial charge in [-0.25, -0.2) is 4.98 Å². The molecule has 0 aliphatic carbocycles. The van der Waals surface area contributed by atoms with Gasteiger partial charge >= 0.3 is 0 Å². The van der Waals surface area contributed by atoms with E-state index in [0.29, 0.717) is 0 Å². The molecule has 0 spiro atoms. The van der Waals surface area contributed by atoms with Crippen LogP contribution < -0.4 is 21.3 Å². The Morgan fingerprint density at radius 1 is 0.727 bits per heavy atom. The number of anilines is 2. The number of aromatic amines is 1. The van der Waals surface area contributed by atoms with Gasteiger partial charge in [0, 0.05) is 25.5 Å². The average molecular weight is 572 g/mol. The largest absolute Gasteiger partial charge is 0.354 e. The first-order valence-electron chi connectivity index (χ1n) is 10.3. The van der Waals surface area contributed by atoms with Gasteiger partial charge in [0.1, 0.15) is 11.0 Å². The van der Waals surface area contributed by atoms with Gasteiger partial charge in [-0.2, -0.15) is 0 Å². The fraction of sp³-hybridized carbons (Fsp3) is 0.190. The summed E-state index contributed by atoms with van der Waals surface area (Å²) in [6.45, 7) is 3.41. The van der Waals surface area contributed by atoms with E-state index in [0.717, 1.165) is 80.5 Å². The van der Waals surface area contributed by atoms with E-state index in [9.17, 15) is 0 Å². The number of H-pyrrole nitrogens is 1. The van der Waals surface area contributed by atoms with Crippen LogP contribution in [0.25, 0.3) is 22.1 Å². The summed E-state index contributed by atoms with van der Waals surface area (Å²) < 4.78 is 1.85. The Kier molecular flexibility index (Phi) is 6.35. The fourth-order valence-corrected chi connectivity index (χ4v) is 4.47. The third-order valence-electron chi connectivity index (χ3n) is 4.96. The molecule has 2 aliphatic rings. The van der Waals surface area contributed by atoms with Crippen molar-refractivity contribution in [3.63, 3.8) is 0 Å². The van der Waals surface area contributed by atoms with Gasteiger partial charge in [0.15, 0.2) is 11.9 Å². The Balaban J connectivity index is 0.000000139. The van der Waals surface area contributed by atoms with Crippen molar-refractivity contribution in [3.8, 4) is 0 Å². The minimum Gasteiger partial charge on any atom is -0.354 e. The lowest BCUT2D eigenvalue weighted by Gasteiger charge is -2.09. The highest BCUT2D eigenvalue weighted by Gasteiger charge is 2.11. The van der Waals surface area contributed by atoms with E-state index in [4.69, 9.17) is 0 Å². The average Bonchev–Trinajstić information content (AvgIpc) is 3.61. The standard InChI is InChI=1S/C11H10BrN5.C10H10BrN5/c12-9-7(17-11-15-5-6-16-11)1-2-8-10(9)14-4-3-13-8;11-8-6(16-10-12-3-4-13-10)1-2-7-9(8)15-5-14-7/h1-4H,5-6H2,(H2,15,16,17);1-2,5H,3-4H2,(H,14,15)(H2,12,13,16). The summed E-state index contributed by atoms with van der Waals surface area (Å²) in [5, 5.41) is 12.8. The molecule has 0 radical (unpaired) electrons. The van der Waals surface area contributed by atoms with Crippen molar-refractivity contribution in [2.24, 2.45) is 9.98 Å². The molecular weight excluding hydrogens is 552 g/mol. The number of aliphatic imine (C=N–C) groups is 2. The van der Waals surface area contributed by atoms with Crippen LogP contribution in [0.15, 0.2) is 61.9 Å². The van der Waals surface area contributed by atoms with Crippen LogP contribution in [0.5, 0.6) is 0 Å². The second-order valence-corrected chi connectivity index (χ2v) is 8.73. The van der Waals surface area contributed by atoms with Crippen LogP contribution in [0.2, 0.25) is 0 Å². The van der Waals surface area contributed by atoms with Crippen molar-refractivity contribution in [2.75, 3.05) is 36.8 Å². The normalized spacial score (nSPS) is 14.7. The lowest BCUT2D eigenvalue weighted by Crippen LogP contribution is -2.26. The molecule has 0 atom stereocenters. The molecule has 4 heterocycles. The van der Waals surface area contributed by atoms with Gasteiger partial charge in [-0.05, 0) is 56.1 Å². The lowest BCUT2D eigenvalue weighted by atomic mass is 10.2. The zero-order chi connectivity index (χ0) is 22.6. The van der Waals surface area contributed by atoms with Gasteiger partial charge in [0.2, 0.25) is 0 Å². The monoisotopic (exact) mass is 570 g/mol. The molecule has 5 N–H and O–H groups in total. The summed E-state index contributed by atoms with van der Waals surface area (Å²) in [5.74, 6) is 1.62. The van der Waals surface area contributed by atoms with Crippen LogP contribution in [0.3, 0.4) is 0 Å². The first kappa shape index (κ1) is 21.6. The third-order valence-corrected chi connectivity index (χ3v) is 6.57. The molecule has 168 valence electrons. The zero-order valence-corrected chi connectivity index (χ0v) is 20.5. The summed E-state index contributed by atoms with van der Waals surface area (Å²) in [4.78, 5) is 24.4. The Morgan fingerprint density at radius 3 is 2.03 bits per heavy atom. The summed E-state index contributed by atoms with van der Waals surface area (Å²) in [6, 6.07) is 7.88. The van der Waals surface area contributed by atoms with Gasteiger partial charge in [0.05, 0.1) is 50.8 Å². The molecule has 2 aliphatic heterocycles. The molecule has 0 amide bonds. The zero-order valence-electron chi connectivity index (χ0n) is 17.4. The topological polar surface area (TPSA) is 127 Å². The molecular formula is C21H20Br2N10. The molecule has 0 saturated heterocycles. The maximum absolute atomic E-state index is 4.31. The maximum Gasteiger partial charge on any atom is 0.195 e. The quantitative estimate of drug-likeness (QED) is 0.249. The first-order valence-corrected chi connectivity index (χ1v) is 11.9. The predicted octanol–water partition coefficient (Wildman–Crippen LogP) is 3.46. The summed E-state index contributed by atoms with van der Waals surface area (Å²) in [6.07, 6.45) is 5.05. The van der Waals surface area contributed by atoms with Crippen LogP contribution in [0.1, 0.15) is 0 Å². The molecule has 0 bridgehead atoms. The molecule has 0 saturated carbocycles. The number of nitrogens with one attached hydrogen (secondary N) is 5. The molecule has 0 fully saturated rings. The molecule has 10 nitrogen and oxygen atoms in total. The second-order valence-electron chi connectivity index (χ2n) is 7.14. The highest BCUT2D eigenvalue weighted by molar-refractivity contribution is 9.11. The minimum atomic E-state index is 0.800. The van der Waals surface area contributed by atoms with E-state index in [1.807, 2.05) is 24.3 Å². The van der Waals surface area contributed by atoms with E-state index in [-0.39, 0.29) is 0 Å². The number of aromatic nitrogens is 4. The minimum absolute atomic E-state index is 0.800. The molecule has 2 aromatic heterocycles. The molecule has 0 unspecified atom stereocenters. The second kappa shape index (κ2) is 9.71. The third kappa shape index (κ3) is 4.76. The summed E-state index contributed by atoms with van der Waals surface area (Å²) >= 11 is 7.08. The van der Waals surface area contributed by atoms with Crippen LogP contribution >= 0.6 is 31.9 Å². The number of guanidine groups is 2. The van der Waals surface area contributed by atoms with Crippen LogP contribution in [0, 0.1) is 0 Å². The number of fused-ring (bicyclic) bond motifs is 2. The first-order chi connectivity index (χ1) is 16.2. The molecule has 2 aromatic carbocycles. The number of halogens is 2. The number of nitrogens with zero attached hydrogens (tertiary/aromatic N) is 5. The van der Waals surface area contributed by atoms with E-state index < -0.39 is 0 Å². The summed E-state index contributed by atoms with van der Waals surface area (Å²) in [5.41, 5.74) is 5.54. The predicted molar refractivity (Wildman–Crippen MR) is 139 cm³/mol. The van der Waals surface area contributed by atoms with Crippen molar-refractivity contribution in [3.05, 3.63) is 51.9 Å². The van der Waals surface area contributed by atoms with E-state index >= 15 is 0 Å². The fourth-order valence-electron chi connectivity index (χ4n) is 3.39. The van der Waals surface area contributed by atoms with E-state index in [2.05, 4.69) is 83.0 Å². The summed E-state index contributed by atoms with van der Waals surface area (Å²) in [7, 11) is 0. The highest BCUT2D eigenvalue weighted by Crippen LogP contribution is 2.30. The number of imidazole rings is 1. The smallest absolute Gasteiger partial charge is 0.195 e. The molecule has 12 heteroatoms. The Labute approximate surface area is 206 Å². The van der Waals surface area contributed by atoms with E-state index in [1.165, 1.54) is 0 Å². The van der Waals surface area contributed by atoms with Gasteiger partial charge in [-0.15, -0.1) is 0 Å². The highest BCUT2D eigenvalue weighted by atomic mass is 79.9. The van der Waals surface area contributed by atoms with Crippen molar-refractivity contribution < 1.29 is 0 Å². The number of rotatable bonds is 2. The van der Waals surface area contributed by atoms with Gasteiger partial charge < -0.3 is 26.3 Å². The molecule has 4 aromatic rings. The van der Waals surface area contributed by atoms with Crippen molar-refractivity contribution >= 4 is 77.2 Å². The molecule has 33 heavy (non-hydrogen) atoms. The number of hydrogen-bond donors (Lipinski definition) is 5. The van der Waals surface area contributed by atoms with Crippen molar-refractivity contribution in [1.82, 2.24) is 30.6 Å². The Bertz CT molecular complexity index is 1360. The van der Waals surface area contributed by atoms with Gasteiger partial charge in [-0.3, -0.25) is 20.0 Å². The number of hydrogen-bond acceptors (Lipinski definition) is 9. The van der Waals surface area contributed by atoms with Gasteiger partial charge in [-0.1, -0.05) is 0 Å². The van der Waals surface area contributed by atoms with Crippen LogP contribution in [0.4, 0.5) is 11.4 Å². The van der Waals surface area contributed by atoms with Crippen LogP contribution in [-0.2, 0) is 0 Å². The maximum atomic E-state index is 4.31. The molecule has 6 rings (SSSR count). The Hall–Kier alpha value is -3.25. The Morgan fingerprint density at radius 2 is 1.36 bits per heavy atom. The van der Waals surface area contributed by atoms with Crippen molar-refractivity contribution in [1.29, 1.82) is 0 Å². The SMILES string of the molecule is Brc1c(NC2=NCCN2)ccc2[nH]cnc12.Brc1c(NC2=NCCN2)ccc2nccnc12.